The molecule has 0 unspecified atom stereocenters. The molecule has 0 radical (unpaired) electrons. The second-order valence-electron chi connectivity index (χ2n) is 5.23. The highest BCUT2D eigenvalue weighted by molar-refractivity contribution is 6.00. The minimum Gasteiger partial charge on any atom is -0.486 e. The van der Waals surface area contributed by atoms with Crippen molar-refractivity contribution >= 4 is 17.3 Å². The van der Waals surface area contributed by atoms with Crippen LogP contribution < -0.4 is 20.1 Å². The van der Waals surface area contributed by atoms with Gasteiger partial charge in [-0.2, -0.15) is 0 Å². The van der Waals surface area contributed by atoms with E-state index in [2.05, 4.69) is 10.6 Å². The molecule has 1 amide bonds. The lowest BCUT2D eigenvalue weighted by Crippen LogP contribution is -2.34. The van der Waals surface area contributed by atoms with Crippen LogP contribution in [0.3, 0.4) is 0 Å². The molecule has 3 rings (SSSR count). The molecular weight excluding hydrogens is 232 g/mol. The van der Waals surface area contributed by atoms with Crippen molar-refractivity contribution in [1.82, 2.24) is 0 Å². The maximum atomic E-state index is 12.0. The van der Waals surface area contributed by atoms with Gasteiger partial charge in [0.25, 0.3) is 0 Å². The summed E-state index contributed by atoms with van der Waals surface area (Å²) in [5.74, 6) is 1.41. The molecule has 0 aliphatic carbocycles. The van der Waals surface area contributed by atoms with E-state index in [9.17, 15) is 4.79 Å². The van der Waals surface area contributed by atoms with Crippen molar-refractivity contribution in [2.75, 3.05) is 30.4 Å². The SMILES string of the molecule is CC1(C)CNc2cc3c(cc2NC1=O)OCCO3. The van der Waals surface area contributed by atoms with E-state index in [-0.39, 0.29) is 5.91 Å². The van der Waals surface area contributed by atoms with Gasteiger partial charge in [-0.05, 0) is 13.8 Å². The van der Waals surface area contributed by atoms with E-state index in [1.165, 1.54) is 0 Å². The monoisotopic (exact) mass is 248 g/mol. The summed E-state index contributed by atoms with van der Waals surface area (Å²) in [5, 5.41) is 6.20. The summed E-state index contributed by atoms with van der Waals surface area (Å²) >= 11 is 0. The first-order chi connectivity index (χ1) is 8.56. The highest BCUT2D eigenvalue weighted by atomic mass is 16.6. The summed E-state index contributed by atoms with van der Waals surface area (Å²) < 4.78 is 11.0. The summed E-state index contributed by atoms with van der Waals surface area (Å²) in [6.07, 6.45) is 0. The quantitative estimate of drug-likeness (QED) is 0.735. The Labute approximate surface area is 105 Å². The van der Waals surface area contributed by atoms with Gasteiger partial charge in [0.2, 0.25) is 5.91 Å². The van der Waals surface area contributed by atoms with Crippen molar-refractivity contribution in [2.24, 2.45) is 5.41 Å². The Kier molecular flexibility index (Phi) is 2.36. The molecule has 18 heavy (non-hydrogen) atoms. The molecule has 1 aromatic carbocycles. The van der Waals surface area contributed by atoms with Gasteiger partial charge in [-0.1, -0.05) is 0 Å². The number of fused-ring (bicyclic) bond motifs is 2. The van der Waals surface area contributed by atoms with Gasteiger partial charge in [-0.3, -0.25) is 4.79 Å². The molecule has 5 nitrogen and oxygen atoms in total. The van der Waals surface area contributed by atoms with E-state index in [1.54, 1.807) is 0 Å². The third-order valence-electron chi connectivity index (χ3n) is 3.27. The lowest BCUT2D eigenvalue weighted by atomic mass is 9.93. The average molecular weight is 248 g/mol. The molecule has 0 atom stereocenters. The molecule has 0 aromatic heterocycles. The topological polar surface area (TPSA) is 59.6 Å². The summed E-state index contributed by atoms with van der Waals surface area (Å²) in [5.41, 5.74) is 1.18. The van der Waals surface area contributed by atoms with Crippen molar-refractivity contribution in [3.63, 3.8) is 0 Å². The minimum atomic E-state index is -0.443. The van der Waals surface area contributed by atoms with Gasteiger partial charge in [0.05, 0.1) is 16.8 Å². The van der Waals surface area contributed by atoms with E-state index in [0.717, 1.165) is 17.1 Å². The van der Waals surface area contributed by atoms with E-state index in [4.69, 9.17) is 9.47 Å². The molecule has 5 heteroatoms. The Bertz CT molecular complexity index is 511. The van der Waals surface area contributed by atoms with Crippen LogP contribution in [0.25, 0.3) is 0 Å². The lowest BCUT2D eigenvalue weighted by Gasteiger charge is -2.20. The van der Waals surface area contributed by atoms with Crippen LogP contribution in [0.1, 0.15) is 13.8 Å². The van der Waals surface area contributed by atoms with Crippen molar-refractivity contribution in [1.29, 1.82) is 0 Å². The minimum absolute atomic E-state index is 0.00503. The van der Waals surface area contributed by atoms with Crippen LogP contribution in [-0.4, -0.2) is 25.7 Å². The van der Waals surface area contributed by atoms with Crippen molar-refractivity contribution in [2.45, 2.75) is 13.8 Å². The summed E-state index contributed by atoms with van der Waals surface area (Å²) in [4.78, 5) is 12.0. The maximum absolute atomic E-state index is 12.0. The zero-order chi connectivity index (χ0) is 12.8. The zero-order valence-corrected chi connectivity index (χ0v) is 10.5. The Balaban J connectivity index is 2.02. The van der Waals surface area contributed by atoms with Crippen LogP contribution in [0, 0.1) is 5.41 Å². The number of carbonyl (C=O) groups excluding carboxylic acids is 1. The molecule has 2 aliphatic rings. The summed E-state index contributed by atoms with van der Waals surface area (Å²) in [6.45, 7) is 5.51. The fourth-order valence-electron chi connectivity index (χ4n) is 2.03. The first-order valence-corrected chi connectivity index (χ1v) is 6.05. The second kappa shape index (κ2) is 3.80. The van der Waals surface area contributed by atoms with Crippen molar-refractivity contribution in [3.8, 4) is 11.5 Å². The maximum Gasteiger partial charge on any atom is 0.231 e. The predicted octanol–water partition coefficient (Wildman–Crippen LogP) is 1.85. The summed E-state index contributed by atoms with van der Waals surface area (Å²) in [6, 6.07) is 3.70. The van der Waals surface area contributed by atoms with Gasteiger partial charge in [0.1, 0.15) is 13.2 Å². The number of amides is 1. The Hall–Kier alpha value is -1.91. The second-order valence-corrected chi connectivity index (χ2v) is 5.23. The molecule has 1 aromatic rings. The fourth-order valence-corrected chi connectivity index (χ4v) is 2.03. The molecule has 96 valence electrons. The van der Waals surface area contributed by atoms with Gasteiger partial charge in [-0.25, -0.2) is 0 Å². The van der Waals surface area contributed by atoms with Crippen LogP contribution in [-0.2, 0) is 4.79 Å². The highest BCUT2D eigenvalue weighted by Crippen LogP contribution is 2.40. The van der Waals surface area contributed by atoms with Crippen LogP contribution in [0.5, 0.6) is 11.5 Å². The Morgan fingerprint density at radius 3 is 2.39 bits per heavy atom. The van der Waals surface area contributed by atoms with E-state index < -0.39 is 5.41 Å². The smallest absolute Gasteiger partial charge is 0.231 e. The first kappa shape index (κ1) is 11.2. The van der Waals surface area contributed by atoms with E-state index in [0.29, 0.717) is 25.5 Å². The third-order valence-corrected chi connectivity index (χ3v) is 3.27. The fraction of sp³-hybridized carbons (Fsp3) is 0.462. The number of rotatable bonds is 0. The zero-order valence-electron chi connectivity index (χ0n) is 10.5. The van der Waals surface area contributed by atoms with Crippen LogP contribution in [0.2, 0.25) is 0 Å². The third kappa shape index (κ3) is 1.75. The molecule has 2 N–H and O–H groups in total. The molecule has 0 fully saturated rings. The van der Waals surface area contributed by atoms with Crippen LogP contribution >= 0.6 is 0 Å². The van der Waals surface area contributed by atoms with Crippen molar-refractivity contribution in [3.05, 3.63) is 12.1 Å². The number of anilines is 2. The molecule has 0 saturated carbocycles. The van der Waals surface area contributed by atoms with E-state index in [1.807, 2.05) is 26.0 Å². The number of benzene rings is 1. The molecule has 2 heterocycles. The number of nitrogens with one attached hydrogen (secondary N) is 2. The number of hydrogen-bond acceptors (Lipinski definition) is 4. The lowest BCUT2D eigenvalue weighted by molar-refractivity contribution is -0.123. The Morgan fingerprint density at radius 2 is 1.72 bits per heavy atom. The van der Waals surface area contributed by atoms with Crippen LogP contribution in [0.4, 0.5) is 11.4 Å². The number of hydrogen-bond donors (Lipinski definition) is 2. The largest absolute Gasteiger partial charge is 0.486 e. The molecule has 0 saturated heterocycles. The highest BCUT2D eigenvalue weighted by Gasteiger charge is 2.31. The van der Waals surface area contributed by atoms with Gasteiger partial charge < -0.3 is 20.1 Å². The molecular formula is C13H16N2O3. The number of carbonyl (C=O) groups is 1. The van der Waals surface area contributed by atoms with Gasteiger partial charge >= 0.3 is 0 Å². The molecule has 0 bridgehead atoms. The normalized spacial score (nSPS) is 20.2. The first-order valence-electron chi connectivity index (χ1n) is 6.05. The Morgan fingerprint density at radius 1 is 1.11 bits per heavy atom. The van der Waals surface area contributed by atoms with Gasteiger partial charge in [-0.15, -0.1) is 0 Å². The summed E-state index contributed by atoms with van der Waals surface area (Å²) in [7, 11) is 0. The molecule has 0 spiro atoms. The van der Waals surface area contributed by atoms with Gasteiger partial charge in [0, 0.05) is 18.7 Å². The number of ether oxygens (including phenoxy) is 2. The predicted molar refractivity (Wildman–Crippen MR) is 68.3 cm³/mol. The van der Waals surface area contributed by atoms with E-state index >= 15 is 0 Å². The standard InChI is InChI=1S/C13H16N2O3/c1-13(2)7-14-8-5-10-11(18-4-3-17-10)6-9(8)15-12(13)16/h5-6,14H,3-4,7H2,1-2H3,(H,15,16). The van der Waals surface area contributed by atoms with Gasteiger partial charge in [0.15, 0.2) is 11.5 Å². The van der Waals surface area contributed by atoms with Crippen molar-refractivity contribution < 1.29 is 14.3 Å². The van der Waals surface area contributed by atoms with Crippen LogP contribution in [0.15, 0.2) is 12.1 Å². The molecule has 2 aliphatic heterocycles. The average Bonchev–Trinajstić information content (AvgIpc) is 2.45.